The second-order valence-corrected chi connectivity index (χ2v) is 3.64. The highest BCUT2D eigenvalue weighted by molar-refractivity contribution is 5.82. The molecular weight excluding hydrogens is 216 g/mol. The molecule has 0 aliphatic carbocycles. The van der Waals surface area contributed by atoms with Crippen LogP contribution in [0.25, 0.3) is 0 Å². The maximum Gasteiger partial charge on any atom is 0.211 e. The van der Waals surface area contributed by atoms with Gasteiger partial charge in [0.15, 0.2) is 0 Å². The molecule has 0 saturated heterocycles. The molecule has 92 valence electrons. The monoisotopic (exact) mass is 234 g/mol. The summed E-state index contributed by atoms with van der Waals surface area (Å²) < 4.78 is 5.61. The Labute approximate surface area is 101 Å². The van der Waals surface area contributed by atoms with Gasteiger partial charge in [-0.05, 0) is 30.5 Å². The van der Waals surface area contributed by atoms with E-state index in [4.69, 9.17) is 16.2 Å². The molecule has 0 radical (unpaired) electrons. The maximum atomic E-state index is 5.61. The molecule has 0 unspecified atom stereocenters. The first-order chi connectivity index (χ1) is 8.13. The average Bonchev–Trinajstić information content (AvgIpc) is 2.29. The fourth-order valence-electron chi connectivity index (χ4n) is 1.23. The number of aryl methyl sites for hydroxylation is 1. The molecule has 0 aliphatic heterocycles. The molecule has 0 aliphatic rings. The highest BCUT2D eigenvalue weighted by Crippen LogP contribution is 2.18. The minimum atomic E-state index is -0.0594. The van der Waals surface area contributed by atoms with Crippen LogP contribution in [0.3, 0.4) is 0 Å². The van der Waals surface area contributed by atoms with Gasteiger partial charge in [-0.15, -0.1) is 5.10 Å². The Morgan fingerprint density at radius 1 is 1.41 bits per heavy atom. The normalized spacial score (nSPS) is 10.5. The fourth-order valence-corrected chi connectivity index (χ4v) is 1.23. The highest BCUT2D eigenvalue weighted by Gasteiger charge is 1.99. The van der Waals surface area contributed by atoms with E-state index in [1.807, 2.05) is 25.1 Å². The lowest BCUT2D eigenvalue weighted by Gasteiger charge is -2.08. The van der Waals surface area contributed by atoms with Crippen molar-refractivity contribution in [3.05, 3.63) is 29.3 Å². The van der Waals surface area contributed by atoms with E-state index >= 15 is 0 Å². The van der Waals surface area contributed by atoms with Gasteiger partial charge < -0.3 is 16.2 Å². The van der Waals surface area contributed by atoms with Gasteiger partial charge in [0, 0.05) is 0 Å². The van der Waals surface area contributed by atoms with Gasteiger partial charge in [-0.25, -0.2) is 0 Å². The van der Waals surface area contributed by atoms with Crippen molar-refractivity contribution in [2.24, 2.45) is 21.7 Å². The van der Waals surface area contributed by atoms with Gasteiger partial charge in [0.2, 0.25) is 5.96 Å². The molecule has 5 nitrogen and oxygen atoms in total. The number of benzene rings is 1. The lowest BCUT2D eigenvalue weighted by molar-refractivity contribution is 0.315. The molecule has 17 heavy (non-hydrogen) atoms. The van der Waals surface area contributed by atoms with Crippen LogP contribution in [-0.4, -0.2) is 18.8 Å². The van der Waals surface area contributed by atoms with Crippen molar-refractivity contribution in [1.82, 2.24) is 0 Å². The van der Waals surface area contributed by atoms with E-state index in [1.54, 1.807) is 6.21 Å². The van der Waals surface area contributed by atoms with Crippen LogP contribution in [-0.2, 0) is 0 Å². The summed E-state index contributed by atoms with van der Waals surface area (Å²) in [6.07, 6.45) is 2.56. The molecule has 1 rings (SSSR count). The smallest absolute Gasteiger partial charge is 0.211 e. The van der Waals surface area contributed by atoms with Crippen LogP contribution in [0.1, 0.15) is 24.5 Å². The number of nitrogens with two attached hydrogens (primary N) is 2. The number of hydrogen-bond acceptors (Lipinski definition) is 3. The molecule has 4 N–H and O–H groups in total. The van der Waals surface area contributed by atoms with Crippen LogP contribution in [0.5, 0.6) is 5.75 Å². The molecule has 0 fully saturated rings. The van der Waals surface area contributed by atoms with E-state index < -0.39 is 0 Å². The summed E-state index contributed by atoms with van der Waals surface area (Å²) in [5.74, 6) is 0.802. The average molecular weight is 234 g/mol. The Bertz CT molecular complexity index is 423. The number of rotatable bonds is 5. The van der Waals surface area contributed by atoms with Gasteiger partial charge in [-0.2, -0.15) is 5.10 Å². The second kappa shape index (κ2) is 6.52. The van der Waals surface area contributed by atoms with Gasteiger partial charge in [0.1, 0.15) is 5.75 Å². The molecular formula is C12H18N4O. The number of guanidine groups is 1. The van der Waals surface area contributed by atoms with Gasteiger partial charge in [-0.3, -0.25) is 0 Å². The zero-order chi connectivity index (χ0) is 12.7. The molecule has 0 saturated carbocycles. The van der Waals surface area contributed by atoms with Crippen LogP contribution >= 0.6 is 0 Å². The lowest BCUT2D eigenvalue weighted by atomic mass is 10.1. The molecule has 0 amide bonds. The van der Waals surface area contributed by atoms with Gasteiger partial charge in [0.05, 0.1) is 12.8 Å². The third-order valence-corrected chi connectivity index (χ3v) is 2.05. The molecule has 0 heterocycles. The fraction of sp³-hybridized carbons (Fsp3) is 0.333. The van der Waals surface area contributed by atoms with Gasteiger partial charge in [0.25, 0.3) is 0 Å². The largest absolute Gasteiger partial charge is 0.493 e. The molecule has 0 atom stereocenters. The highest BCUT2D eigenvalue weighted by atomic mass is 16.5. The lowest BCUT2D eigenvalue weighted by Crippen LogP contribution is -2.21. The van der Waals surface area contributed by atoms with Crippen molar-refractivity contribution in [2.45, 2.75) is 20.3 Å². The summed E-state index contributed by atoms with van der Waals surface area (Å²) in [5, 5.41) is 7.28. The summed E-state index contributed by atoms with van der Waals surface area (Å²) in [4.78, 5) is 0. The maximum absolute atomic E-state index is 5.61. The Balaban J connectivity index is 2.81. The third kappa shape index (κ3) is 4.55. The van der Waals surface area contributed by atoms with Crippen LogP contribution in [0.15, 0.2) is 28.4 Å². The Morgan fingerprint density at radius 2 is 2.18 bits per heavy atom. The summed E-state index contributed by atoms with van der Waals surface area (Å²) in [7, 11) is 0. The Morgan fingerprint density at radius 3 is 2.82 bits per heavy atom. The minimum Gasteiger partial charge on any atom is -0.493 e. The summed E-state index contributed by atoms with van der Waals surface area (Å²) in [6.45, 7) is 4.77. The molecule has 1 aromatic rings. The first kappa shape index (κ1) is 13.0. The van der Waals surface area contributed by atoms with Gasteiger partial charge in [-0.1, -0.05) is 19.1 Å². The Kier molecular flexibility index (Phi) is 5.00. The van der Waals surface area contributed by atoms with Crippen LogP contribution in [0.4, 0.5) is 0 Å². The van der Waals surface area contributed by atoms with E-state index in [9.17, 15) is 0 Å². The van der Waals surface area contributed by atoms with E-state index in [0.717, 1.165) is 23.3 Å². The predicted molar refractivity (Wildman–Crippen MR) is 70.4 cm³/mol. The standard InChI is InChI=1S/C12H18N4O/c1-3-6-17-11-7-10(5-4-9(11)2)8-15-16-12(13)14/h4-5,7-8H,3,6H2,1-2H3,(H4,13,14,16). The molecule has 0 spiro atoms. The molecule has 0 bridgehead atoms. The van der Waals surface area contributed by atoms with Crippen molar-refractivity contribution in [1.29, 1.82) is 0 Å². The topological polar surface area (TPSA) is 86.0 Å². The van der Waals surface area contributed by atoms with Crippen molar-refractivity contribution in [3.8, 4) is 5.75 Å². The predicted octanol–water partition coefficient (Wildman–Crippen LogP) is 1.39. The second-order valence-electron chi connectivity index (χ2n) is 3.64. The van der Waals surface area contributed by atoms with Crippen molar-refractivity contribution >= 4 is 12.2 Å². The van der Waals surface area contributed by atoms with E-state index in [1.165, 1.54) is 0 Å². The first-order valence-corrected chi connectivity index (χ1v) is 5.49. The number of nitrogens with zero attached hydrogens (tertiary/aromatic N) is 2. The summed E-state index contributed by atoms with van der Waals surface area (Å²) in [5.41, 5.74) is 12.3. The summed E-state index contributed by atoms with van der Waals surface area (Å²) in [6, 6.07) is 5.82. The van der Waals surface area contributed by atoms with Crippen LogP contribution in [0.2, 0.25) is 0 Å². The SMILES string of the molecule is CCCOc1cc(C=NN=C(N)N)ccc1C. The number of ether oxygens (including phenoxy) is 1. The van der Waals surface area contributed by atoms with Crippen molar-refractivity contribution in [3.63, 3.8) is 0 Å². The zero-order valence-corrected chi connectivity index (χ0v) is 10.2. The van der Waals surface area contributed by atoms with Crippen LogP contribution < -0.4 is 16.2 Å². The van der Waals surface area contributed by atoms with Gasteiger partial charge >= 0.3 is 0 Å². The number of hydrogen-bond donors (Lipinski definition) is 2. The minimum absolute atomic E-state index is 0.0594. The van der Waals surface area contributed by atoms with E-state index in [0.29, 0.717) is 6.61 Å². The van der Waals surface area contributed by atoms with Crippen molar-refractivity contribution in [2.75, 3.05) is 6.61 Å². The Hall–Kier alpha value is -2.04. The van der Waals surface area contributed by atoms with Crippen molar-refractivity contribution < 1.29 is 4.74 Å². The first-order valence-electron chi connectivity index (χ1n) is 5.49. The summed E-state index contributed by atoms with van der Waals surface area (Å²) >= 11 is 0. The third-order valence-electron chi connectivity index (χ3n) is 2.05. The molecule has 1 aromatic carbocycles. The van der Waals surface area contributed by atoms with E-state index in [-0.39, 0.29) is 5.96 Å². The van der Waals surface area contributed by atoms with E-state index in [2.05, 4.69) is 17.1 Å². The molecule has 5 heteroatoms. The zero-order valence-electron chi connectivity index (χ0n) is 10.2. The molecule has 0 aromatic heterocycles. The quantitative estimate of drug-likeness (QED) is 0.458. The van der Waals surface area contributed by atoms with Crippen LogP contribution in [0, 0.1) is 6.92 Å².